The summed E-state index contributed by atoms with van der Waals surface area (Å²) in [6, 6.07) is 4.15. The van der Waals surface area contributed by atoms with Gasteiger partial charge in [0.05, 0.1) is 29.7 Å². The van der Waals surface area contributed by atoms with Gasteiger partial charge in [0.25, 0.3) is 5.56 Å². The number of ether oxygens (including phenoxy) is 1. The average molecular weight is 388 g/mol. The zero-order valence-corrected chi connectivity index (χ0v) is 14.5. The molecule has 5 nitrogen and oxygen atoms in total. The molecule has 1 N–H and O–H groups in total. The highest BCUT2D eigenvalue weighted by Gasteiger charge is 2.30. The summed E-state index contributed by atoms with van der Waals surface area (Å²) in [6.07, 6.45) is -1.02. The van der Waals surface area contributed by atoms with Crippen molar-refractivity contribution < 1.29 is 17.9 Å². The number of nitrogens with one attached hydrogen (secondary N) is 1. The van der Waals surface area contributed by atoms with Gasteiger partial charge in [-0.2, -0.15) is 23.0 Å². The van der Waals surface area contributed by atoms with Crippen LogP contribution in [0.5, 0.6) is 0 Å². The van der Waals surface area contributed by atoms with E-state index in [1.807, 2.05) is 0 Å². The third kappa shape index (κ3) is 4.19. The summed E-state index contributed by atoms with van der Waals surface area (Å²) in [6.45, 7) is 2.02. The summed E-state index contributed by atoms with van der Waals surface area (Å²) in [5, 5.41) is 7.05. The summed E-state index contributed by atoms with van der Waals surface area (Å²) >= 11 is 6.12. The Hall–Kier alpha value is -2.06. The third-order valence-electron chi connectivity index (χ3n) is 4.19. The maximum Gasteiger partial charge on any atom is 0.416 e. The van der Waals surface area contributed by atoms with Gasteiger partial charge in [-0.1, -0.05) is 11.6 Å². The lowest BCUT2D eigenvalue weighted by atomic mass is 10.0. The SMILES string of the molecule is O=c1c(Cl)c(NCC2CCCOC2)cnn1-c1ccc(C(F)(F)F)cc1. The van der Waals surface area contributed by atoms with E-state index < -0.39 is 17.3 Å². The van der Waals surface area contributed by atoms with Gasteiger partial charge in [0.1, 0.15) is 5.02 Å². The molecule has 0 amide bonds. The maximum atomic E-state index is 12.6. The minimum atomic E-state index is -4.44. The fourth-order valence-corrected chi connectivity index (χ4v) is 2.95. The predicted octanol–water partition coefficient (Wildman–Crippen LogP) is 3.74. The lowest BCUT2D eigenvalue weighted by Crippen LogP contribution is -2.26. The summed E-state index contributed by atoms with van der Waals surface area (Å²) in [7, 11) is 0. The fourth-order valence-electron chi connectivity index (χ4n) is 2.75. The number of halogens is 4. The van der Waals surface area contributed by atoms with Crippen molar-refractivity contribution in [1.29, 1.82) is 0 Å². The van der Waals surface area contributed by atoms with E-state index in [2.05, 4.69) is 10.4 Å². The van der Waals surface area contributed by atoms with Gasteiger partial charge in [-0.15, -0.1) is 0 Å². The summed E-state index contributed by atoms with van der Waals surface area (Å²) in [5.41, 5.74) is -0.799. The lowest BCUT2D eigenvalue weighted by molar-refractivity contribution is -0.137. The van der Waals surface area contributed by atoms with Crippen LogP contribution in [0.15, 0.2) is 35.3 Å². The number of aromatic nitrogens is 2. The zero-order chi connectivity index (χ0) is 18.7. The number of alkyl halides is 3. The molecule has 1 saturated heterocycles. The Morgan fingerprint density at radius 2 is 2.04 bits per heavy atom. The highest BCUT2D eigenvalue weighted by molar-refractivity contribution is 6.32. The first-order valence-corrected chi connectivity index (χ1v) is 8.51. The maximum absolute atomic E-state index is 12.6. The van der Waals surface area contributed by atoms with E-state index in [0.29, 0.717) is 24.8 Å². The summed E-state index contributed by atoms with van der Waals surface area (Å²) < 4.78 is 44.3. The molecular weight excluding hydrogens is 371 g/mol. The van der Waals surface area contributed by atoms with E-state index in [4.69, 9.17) is 16.3 Å². The van der Waals surface area contributed by atoms with E-state index in [-0.39, 0.29) is 10.7 Å². The molecule has 0 aliphatic carbocycles. The van der Waals surface area contributed by atoms with E-state index in [9.17, 15) is 18.0 Å². The predicted molar refractivity (Wildman–Crippen MR) is 91.9 cm³/mol. The van der Waals surface area contributed by atoms with Crippen LogP contribution in [0.2, 0.25) is 5.02 Å². The molecule has 0 saturated carbocycles. The Balaban J connectivity index is 1.77. The molecule has 2 aromatic rings. The van der Waals surface area contributed by atoms with Crippen LogP contribution in [0.3, 0.4) is 0 Å². The second kappa shape index (κ2) is 7.67. The molecule has 3 rings (SSSR count). The first-order chi connectivity index (χ1) is 12.4. The van der Waals surface area contributed by atoms with Crippen molar-refractivity contribution in [3.8, 4) is 5.69 Å². The molecular formula is C17H17ClF3N3O2. The molecule has 1 fully saturated rings. The molecule has 1 atom stereocenters. The number of hydrogen-bond donors (Lipinski definition) is 1. The Morgan fingerprint density at radius 1 is 1.31 bits per heavy atom. The molecule has 1 unspecified atom stereocenters. The summed E-state index contributed by atoms with van der Waals surface area (Å²) in [4.78, 5) is 12.4. The quantitative estimate of drug-likeness (QED) is 0.868. The molecule has 0 bridgehead atoms. The number of rotatable bonds is 4. The lowest BCUT2D eigenvalue weighted by Gasteiger charge is -2.22. The first-order valence-electron chi connectivity index (χ1n) is 8.13. The Bertz CT molecular complexity index is 815. The van der Waals surface area contributed by atoms with Crippen molar-refractivity contribution in [3.63, 3.8) is 0 Å². The second-order valence-corrected chi connectivity index (χ2v) is 6.48. The molecule has 1 aliphatic heterocycles. The Labute approximate surface area is 152 Å². The topological polar surface area (TPSA) is 56.1 Å². The Kier molecular flexibility index (Phi) is 5.52. The number of benzene rings is 1. The largest absolute Gasteiger partial charge is 0.416 e. The van der Waals surface area contributed by atoms with Crippen LogP contribution in [-0.4, -0.2) is 29.5 Å². The van der Waals surface area contributed by atoms with Gasteiger partial charge in [0.2, 0.25) is 0 Å². The van der Waals surface area contributed by atoms with Crippen molar-refractivity contribution >= 4 is 17.3 Å². The number of hydrogen-bond acceptors (Lipinski definition) is 4. The molecule has 9 heteroatoms. The second-order valence-electron chi connectivity index (χ2n) is 6.10. The number of anilines is 1. The third-order valence-corrected chi connectivity index (χ3v) is 4.56. The van der Waals surface area contributed by atoms with Crippen LogP contribution in [0.25, 0.3) is 5.69 Å². The molecule has 2 heterocycles. The van der Waals surface area contributed by atoms with Gasteiger partial charge < -0.3 is 10.1 Å². The average Bonchev–Trinajstić information content (AvgIpc) is 2.63. The van der Waals surface area contributed by atoms with Gasteiger partial charge in [-0.05, 0) is 43.0 Å². The van der Waals surface area contributed by atoms with Crippen LogP contribution in [0.4, 0.5) is 18.9 Å². The monoisotopic (exact) mass is 387 g/mol. The van der Waals surface area contributed by atoms with Crippen LogP contribution < -0.4 is 10.9 Å². The van der Waals surface area contributed by atoms with E-state index >= 15 is 0 Å². The zero-order valence-electron chi connectivity index (χ0n) is 13.7. The Morgan fingerprint density at radius 3 is 2.65 bits per heavy atom. The van der Waals surface area contributed by atoms with Gasteiger partial charge in [0.15, 0.2) is 0 Å². The van der Waals surface area contributed by atoms with Gasteiger partial charge in [0, 0.05) is 13.2 Å². The van der Waals surface area contributed by atoms with Gasteiger partial charge in [-0.25, -0.2) is 0 Å². The molecule has 0 spiro atoms. The highest BCUT2D eigenvalue weighted by Crippen LogP contribution is 2.29. The normalized spacial score (nSPS) is 17.9. The van der Waals surface area contributed by atoms with Crippen LogP contribution in [0, 0.1) is 5.92 Å². The first kappa shape index (κ1) is 18.7. The van der Waals surface area contributed by atoms with Crippen molar-refractivity contribution in [2.24, 2.45) is 5.92 Å². The smallest absolute Gasteiger partial charge is 0.382 e. The van der Waals surface area contributed by atoms with Gasteiger partial charge in [-0.3, -0.25) is 4.79 Å². The van der Waals surface area contributed by atoms with Crippen molar-refractivity contribution in [3.05, 3.63) is 51.4 Å². The van der Waals surface area contributed by atoms with Crippen LogP contribution >= 0.6 is 11.6 Å². The van der Waals surface area contributed by atoms with E-state index in [1.54, 1.807) is 0 Å². The van der Waals surface area contributed by atoms with Gasteiger partial charge >= 0.3 is 6.18 Å². The number of nitrogens with zero attached hydrogens (tertiary/aromatic N) is 2. The van der Waals surface area contributed by atoms with Crippen LogP contribution in [-0.2, 0) is 10.9 Å². The van der Waals surface area contributed by atoms with E-state index in [0.717, 1.165) is 36.3 Å². The standard InChI is InChI=1S/C17H17ClF3N3O2/c18-15-14(22-8-11-2-1-7-26-10-11)9-23-24(16(15)25)13-5-3-12(4-6-13)17(19,20)21/h3-6,9,11,22H,1-2,7-8,10H2. The van der Waals surface area contributed by atoms with Crippen molar-refractivity contribution in [2.75, 3.05) is 25.1 Å². The molecule has 1 aliphatic rings. The molecule has 26 heavy (non-hydrogen) atoms. The molecule has 1 aromatic heterocycles. The van der Waals surface area contributed by atoms with Crippen molar-refractivity contribution in [1.82, 2.24) is 9.78 Å². The minimum absolute atomic E-state index is 0.0587. The molecule has 140 valence electrons. The minimum Gasteiger partial charge on any atom is -0.382 e. The fraction of sp³-hybridized carbons (Fsp3) is 0.412. The highest BCUT2D eigenvalue weighted by atomic mass is 35.5. The van der Waals surface area contributed by atoms with Crippen molar-refractivity contribution in [2.45, 2.75) is 19.0 Å². The van der Waals surface area contributed by atoms with Crippen LogP contribution in [0.1, 0.15) is 18.4 Å². The molecule has 1 aromatic carbocycles. The molecule has 0 radical (unpaired) electrons. The van der Waals surface area contributed by atoms with E-state index in [1.165, 1.54) is 18.3 Å². The summed E-state index contributed by atoms with van der Waals surface area (Å²) in [5.74, 6) is 0.331.